The van der Waals surface area contributed by atoms with E-state index in [-0.39, 0.29) is 19.0 Å². The molecule has 1 unspecified atom stereocenters. The van der Waals surface area contributed by atoms with Crippen LogP contribution < -0.4 is 4.74 Å². The minimum atomic E-state index is -0.786. The van der Waals surface area contributed by atoms with E-state index in [9.17, 15) is 9.90 Å². The van der Waals surface area contributed by atoms with Gasteiger partial charge in [-0.1, -0.05) is 49.0 Å². The molecule has 0 heterocycles. The van der Waals surface area contributed by atoms with Gasteiger partial charge in [-0.15, -0.1) is 0 Å². The van der Waals surface area contributed by atoms with Crippen molar-refractivity contribution in [1.82, 2.24) is 4.90 Å². The monoisotopic (exact) mass is 380 g/mol. The molecule has 2 aromatic rings. The third-order valence-corrected chi connectivity index (χ3v) is 4.00. The first-order chi connectivity index (χ1) is 13.6. The summed E-state index contributed by atoms with van der Waals surface area (Å²) < 4.78 is 10.4. The second-order valence-corrected chi connectivity index (χ2v) is 6.20. The van der Waals surface area contributed by atoms with Gasteiger partial charge < -0.3 is 14.6 Å². The summed E-state index contributed by atoms with van der Waals surface area (Å²) in [6.45, 7) is 4.73. The maximum absolute atomic E-state index is 11.6. The molecule has 28 heavy (non-hydrogen) atoms. The lowest BCUT2D eigenvalue weighted by molar-refractivity contribution is -0.138. The highest BCUT2D eigenvalue weighted by Gasteiger charge is 2.15. The third kappa shape index (κ3) is 7.23. The van der Waals surface area contributed by atoms with Gasteiger partial charge in [-0.05, 0) is 17.7 Å². The number of aliphatic hydroxyl groups is 1. The van der Waals surface area contributed by atoms with E-state index in [2.05, 4.69) is 12.6 Å². The molecule has 0 aliphatic rings. The summed E-state index contributed by atoms with van der Waals surface area (Å²) in [5.41, 5.74) is 1.49. The van der Waals surface area contributed by atoms with Crippen LogP contribution in [0.3, 0.4) is 0 Å². The minimum absolute atomic E-state index is 0.0427. The molecule has 0 spiro atoms. The van der Waals surface area contributed by atoms with Gasteiger partial charge in [0.15, 0.2) is 0 Å². The highest BCUT2D eigenvalue weighted by atomic mass is 16.5. The third-order valence-electron chi connectivity index (χ3n) is 4.00. The fraction of sp³-hybridized carbons (Fsp3) is 0.273. The number of hydrogen-bond donors (Lipinski definition) is 1. The van der Waals surface area contributed by atoms with Crippen LogP contribution in [0.4, 0.5) is 0 Å². The van der Waals surface area contributed by atoms with E-state index in [4.69, 9.17) is 14.7 Å². The first-order valence-electron chi connectivity index (χ1n) is 8.99. The number of ether oxygens (including phenoxy) is 2. The minimum Gasteiger partial charge on any atom is -0.489 e. The highest BCUT2D eigenvalue weighted by Crippen LogP contribution is 2.17. The number of aliphatic hydroxyl groups excluding tert-OH is 1. The average molecular weight is 380 g/mol. The molecule has 1 atom stereocenters. The molecule has 6 heteroatoms. The summed E-state index contributed by atoms with van der Waals surface area (Å²) in [5.74, 6) is 0.0648. The molecule has 6 nitrogen and oxygen atoms in total. The summed E-state index contributed by atoms with van der Waals surface area (Å²) >= 11 is 0. The number of carbonyl (C=O) groups excluding carboxylic acids is 1. The Morgan fingerprint density at radius 2 is 1.93 bits per heavy atom. The molecular weight excluding hydrogens is 356 g/mol. The van der Waals surface area contributed by atoms with Gasteiger partial charge >= 0.3 is 5.97 Å². The molecule has 146 valence electrons. The quantitative estimate of drug-likeness (QED) is 0.477. The zero-order chi connectivity index (χ0) is 20.2. The van der Waals surface area contributed by atoms with Crippen molar-refractivity contribution in [2.45, 2.75) is 19.1 Å². The van der Waals surface area contributed by atoms with Crippen molar-refractivity contribution in [2.24, 2.45) is 0 Å². The van der Waals surface area contributed by atoms with Crippen molar-refractivity contribution in [1.29, 1.82) is 5.26 Å². The Labute approximate surface area is 165 Å². The summed E-state index contributed by atoms with van der Waals surface area (Å²) in [6, 6.07) is 18.7. The number of hydrogen-bond acceptors (Lipinski definition) is 6. The van der Waals surface area contributed by atoms with Crippen LogP contribution >= 0.6 is 0 Å². The largest absolute Gasteiger partial charge is 0.489 e. The van der Waals surface area contributed by atoms with Gasteiger partial charge in [0.1, 0.15) is 24.5 Å². The first-order valence-corrected chi connectivity index (χ1v) is 8.99. The van der Waals surface area contributed by atoms with Gasteiger partial charge in [0.2, 0.25) is 0 Å². The summed E-state index contributed by atoms with van der Waals surface area (Å²) in [7, 11) is 0. The van der Waals surface area contributed by atoms with Crippen LogP contribution in [0.1, 0.15) is 17.5 Å². The van der Waals surface area contributed by atoms with Crippen molar-refractivity contribution >= 4 is 5.97 Å². The van der Waals surface area contributed by atoms with Gasteiger partial charge in [-0.3, -0.25) is 9.69 Å². The Morgan fingerprint density at radius 3 is 2.64 bits per heavy atom. The maximum atomic E-state index is 11.6. The van der Waals surface area contributed by atoms with Crippen LogP contribution in [-0.2, 0) is 16.1 Å². The molecule has 0 aliphatic heterocycles. The molecule has 0 aliphatic carbocycles. The molecule has 0 saturated heterocycles. The molecular formula is C22H24N2O4. The van der Waals surface area contributed by atoms with Crippen molar-refractivity contribution < 1.29 is 19.4 Å². The van der Waals surface area contributed by atoms with E-state index in [1.165, 1.54) is 0 Å². The van der Waals surface area contributed by atoms with Crippen LogP contribution in [0, 0.1) is 11.3 Å². The van der Waals surface area contributed by atoms with Gasteiger partial charge in [0, 0.05) is 19.6 Å². The molecule has 0 bridgehead atoms. The lowest BCUT2D eigenvalue weighted by atomic mass is 10.2. The number of nitrogens with zero attached hydrogens (tertiary/aromatic N) is 2. The van der Waals surface area contributed by atoms with Gasteiger partial charge in [0.25, 0.3) is 0 Å². The van der Waals surface area contributed by atoms with Crippen LogP contribution in [0.25, 0.3) is 0 Å². The Morgan fingerprint density at radius 1 is 1.21 bits per heavy atom. The number of para-hydroxylation sites is 1. The van der Waals surface area contributed by atoms with Crippen LogP contribution in [0.2, 0.25) is 0 Å². The summed E-state index contributed by atoms with van der Waals surface area (Å²) in [4.78, 5) is 13.6. The van der Waals surface area contributed by atoms with E-state index in [1.54, 1.807) is 24.3 Å². The van der Waals surface area contributed by atoms with E-state index < -0.39 is 6.10 Å². The second-order valence-electron chi connectivity index (χ2n) is 6.20. The fourth-order valence-electron chi connectivity index (χ4n) is 2.70. The Hall–Kier alpha value is -3.14. The van der Waals surface area contributed by atoms with Gasteiger partial charge in [-0.25, -0.2) is 0 Å². The Balaban J connectivity index is 1.94. The number of carbonyl (C=O) groups is 1. The molecule has 2 aromatic carbocycles. The fourth-order valence-corrected chi connectivity index (χ4v) is 2.70. The highest BCUT2D eigenvalue weighted by molar-refractivity contribution is 5.70. The zero-order valence-electron chi connectivity index (χ0n) is 15.7. The predicted molar refractivity (Wildman–Crippen MR) is 105 cm³/mol. The van der Waals surface area contributed by atoms with E-state index >= 15 is 0 Å². The summed E-state index contributed by atoms with van der Waals surface area (Å²) in [5, 5.41) is 19.5. The maximum Gasteiger partial charge on any atom is 0.311 e. The lowest BCUT2D eigenvalue weighted by Crippen LogP contribution is -2.36. The number of esters is 1. The predicted octanol–water partition coefficient (Wildman–Crippen LogP) is 2.88. The molecule has 0 fully saturated rings. The first kappa shape index (κ1) is 21.2. The van der Waals surface area contributed by atoms with Crippen molar-refractivity contribution in [3.63, 3.8) is 0 Å². The molecule has 1 N–H and O–H groups in total. The van der Waals surface area contributed by atoms with Gasteiger partial charge in [-0.2, -0.15) is 5.26 Å². The lowest BCUT2D eigenvalue weighted by Gasteiger charge is -2.25. The van der Waals surface area contributed by atoms with Crippen molar-refractivity contribution in [2.75, 3.05) is 19.7 Å². The zero-order valence-corrected chi connectivity index (χ0v) is 15.7. The second kappa shape index (κ2) is 11.5. The molecule has 0 aromatic heterocycles. The van der Waals surface area contributed by atoms with E-state index in [0.717, 1.165) is 11.8 Å². The number of benzene rings is 2. The van der Waals surface area contributed by atoms with Crippen LogP contribution in [-0.4, -0.2) is 41.8 Å². The van der Waals surface area contributed by atoms with Crippen LogP contribution in [0.15, 0.2) is 67.4 Å². The smallest absolute Gasteiger partial charge is 0.311 e. The van der Waals surface area contributed by atoms with Crippen molar-refractivity contribution in [3.05, 3.63) is 78.6 Å². The molecule has 0 saturated carbocycles. The topological polar surface area (TPSA) is 82.8 Å². The SMILES string of the molecule is C=COC(=O)CCN(Cc1ccccc1)CC(O)COc1ccccc1C#N. The Kier molecular flexibility index (Phi) is 8.73. The standard InChI is InChI=1S/C22H24N2O4/c1-2-27-22(26)12-13-24(15-18-8-4-3-5-9-18)16-20(25)17-28-21-11-7-6-10-19(21)14-23/h2-11,20,25H,1,12-13,15-17H2. The molecule has 2 rings (SSSR count). The molecule has 0 amide bonds. The van der Waals surface area contributed by atoms with E-state index in [0.29, 0.717) is 30.9 Å². The van der Waals surface area contributed by atoms with E-state index in [1.807, 2.05) is 35.2 Å². The summed E-state index contributed by atoms with van der Waals surface area (Å²) in [6.07, 6.45) is 0.508. The average Bonchev–Trinajstić information content (AvgIpc) is 2.71. The molecule has 0 radical (unpaired) electrons. The van der Waals surface area contributed by atoms with Crippen molar-refractivity contribution in [3.8, 4) is 11.8 Å². The van der Waals surface area contributed by atoms with Gasteiger partial charge in [0.05, 0.1) is 18.2 Å². The number of nitriles is 1. The van der Waals surface area contributed by atoms with Crippen LogP contribution in [0.5, 0.6) is 5.75 Å². The Bertz CT molecular complexity index is 802. The normalized spacial score (nSPS) is 11.5. The number of rotatable bonds is 11.